The van der Waals surface area contributed by atoms with E-state index in [4.69, 9.17) is 4.74 Å². The van der Waals surface area contributed by atoms with Gasteiger partial charge in [0.15, 0.2) is 0 Å². The Balaban J connectivity index is 2.18. The molecule has 2 fully saturated rings. The van der Waals surface area contributed by atoms with E-state index in [-0.39, 0.29) is 12.1 Å². The maximum atomic E-state index is 11.1. The molecule has 0 aromatic rings. The van der Waals surface area contributed by atoms with Crippen molar-refractivity contribution in [3.05, 3.63) is 0 Å². The Morgan fingerprint density at radius 2 is 2.25 bits per heavy atom. The van der Waals surface area contributed by atoms with Crippen molar-refractivity contribution in [1.82, 2.24) is 0 Å². The van der Waals surface area contributed by atoms with E-state index in [0.717, 1.165) is 6.42 Å². The Hall–Kier alpha value is -0.530. The van der Waals surface area contributed by atoms with Gasteiger partial charge >= 0.3 is 5.97 Å². The molecule has 0 bridgehead atoms. The summed E-state index contributed by atoms with van der Waals surface area (Å²) in [4.78, 5) is 11.1. The van der Waals surface area contributed by atoms with E-state index in [0.29, 0.717) is 17.8 Å². The molecule has 0 radical (unpaired) electrons. The molecule has 2 heteroatoms. The molecule has 0 amide bonds. The number of hydrogen-bond donors (Lipinski definition) is 0. The van der Waals surface area contributed by atoms with Crippen LogP contribution in [0.1, 0.15) is 39.5 Å². The number of esters is 1. The summed E-state index contributed by atoms with van der Waals surface area (Å²) >= 11 is 0. The molecule has 1 saturated carbocycles. The molecule has 2 nitrogen and oxygen atoms in total. The van der Waals surface area contributed by atoms with E-state index in [9.17, 15) is 4.79 Å². The fraction of sp³-hybridized carbons (Fsp3) is 0.900. The Labute approximate surface area is 73.3 Å². The summed E-state index contributed by atoms with van der Waals surface area (Å²) < 4.78 is 5.26. The average molecular weight is 168 g/mol. The first-order valence-corrected chi connectivity index (χ1v) is 4.79. The van der Waals surface area contributed by atoms with E-state index in [1.165, 1.54) is 12.8 Å². The molecule has 1 aliphatic heterocycles. The Morgan fingerprint density at radius 3 is 2.92 bits per heavy atom. The molecule has 0 spiro atoms. The van der Waals surface area contributed by atoms with Gasteiger partial charge in [-0.15, -0.1) is 0 Å². The molecular formula is C10H16O2. The van der Waals surface area contributed by atoms with Crippen molar-refractivity contribution in [1.29, 1.82) is 0 Å². The molecule has 0 aromatic heterocycles. The number of rotatable bonds is 0. The Kier molecular flexibility index (Phi) is 1.67. The van der Waals surface area contributed by atoms with Crippen LogP contribution in [-0.2, 0) is 9.53 Å². The molecule has 68 valence electrons. The van der Waals surface area contributed by atoms with Crippen molar-refractivity contribution in [2.45, 2.75) is 45.6 Å². The van der Waals surface area contributed by atoms with Gasteiger partial charge in [0.2, 0.25) is 0 Å². The Morgan fingerprint density at radius 1 is 1.50 bits per heavy atom. The minimum atomic E-state index is 0.0139. The van der Waals surface area contributed by atoms with Crippen LogP contribution in [0.4, 0.5) is 0 Å². The number of hydrogen-bond acceptors (Lipinski definition) is 2. The lowest BCUT2D eigenvalue weighted by Gasteiger charge is -2.38. The van der Waals surface area contributed by atoms with Gasteiger partial charge in [-0.1, -0.05) is 13.8 Å². The molecule has 1 heterocycles. The zero-order valence-electron chi connectivity index (χ0n) is 7.80. The standard InChI is InChI=1S/C10H16O2/c1-10(2)5-3-4-8-7(10)6-9(11)12-8/h7-8H,3-6H2,1-2H3/t7-,8+/m1/s1. The van der Waals surface area contributed by atoms with Gasteiger partial charge in [0.1, 0.15) is 6.10 Å². The zero-order chi connectivity index (χ0) is 8.77. The quantitative estimate of drug-likeness (QED) is 0.518. The largest absolute Gasteiger partial charge is 0.462 e. The van der Waals surface area contributed by atoms with Gasteiger partial charge in [-0.25, -0.2) is 0 Å². The van der Waals surface area contributed by atoms with Gasteiger partial charge in [-0.05, 0) is 24.7 Å². The van der Waals surface area contributed by atoms with Crippen molar-refractivity contribution in [3.63, 3.8) is 0 Å². The maximum absolute atomic E-state index is 11.1. The SMILES string of the molecule is CC1(C)CCC[C@@H]2OC(=O)C[C@H]21. The van der Waals surface area contributed by atoms with E-state index in [1.807, 2.05) is 0 Å². The first-order chi connectivity index (χ1) is 5.59. The molecule has 2 rings (SSSR count). The third-order valence-corrected chi connectivity index (χ3v) is 3.43. The van der Waals surface area contributed by atoms with E-state index >= 15 is 0 Å². The van der Waals surface area contributed by atoms with Crippen LogP contribution in [0.25, 0.3) is 0 Å². The van der Waals surface area contributed by atoms with Crippen LogP contribution < -0.4 is 0 Å². The second-order valence-corrected chi connectivity index (χ2v) is 4.72. The highest BCUT2D eigenvalue weighted by Gasteiger charge is 2.46. The lowest BCUT2D eigenvalue weighted by Crippen LogP contribution is -2.35. The summed E-state index contributed by atoms with van der Waals surface area (Å²) in [6.07, 6.45) is 4.42. The van der Waals surface area contributed by atoms with Gasteiger partial charge < -0.3 is 4.74 Å². The Bertz CT molecular complexity index is 208. The van der Waals surface area contributed by atoms with Gasteiger partial charge in [0, 0.05) is 5.92 Å². The molecule has 1 saturated heterocycles. The summed E-state index contributed by atoms with van der Waals surface area (Å²) in [5.74, 6) is 0.499. The van der Waals surface area contributed by atoms with Crippen LogP contribution in [0.3, 0.4) is 0 Å². The van der Waals surface area contributed by atoms with Crippen molar-refractivity contribution >= 4 is 5.97 Å². The number of fused-ring (bicyclic) bond motifs is 1. The third-order valence-electron chi connectivity index (χ3n) is 3.43. The fourth-order valence-corrected chi connectivity index (χ4v) is 2.59. The number of carbonyl (C=O) groups excluding carboxylic acids is 1. The molecule has 0 unspecified atom stereocenters. The molecule has 1 aliphatic carbocycles. The van der Waals surface area contributed by atoms with Crippen LogP contribution >= 0.6 is 0 Å². The summed E-state index contributed by atoms with van der Waals surface area (Å²) in [6.45, 7) is 4.51. The summed E-state index contributed by atoms with van der Waals surface area (Å²) in [5.41, 5.74) is 0.315. The van der Waals surface area contributed by atoms with Gasteiger partial charge in [-0.2, -0.15) is 0 Å². The van der Waals surface area contributed by atoms with Gasteiger partial charge in [0.25, 0.3) is 0 Å². The first-order valence-electron chi connectivity index (χ1n) is 4.79. The van der Waals surface area contributed by atoms with Gasteiger partial charge in [0.05, 0.1) is 6.42 Å². The minimum absolute atomic E-state index is 0.0139. The van der Waals surface area contributed by atoms with Gasteiger partial charge in [-0.3, -0.25) is 4.79 Å². The van der Waals surface area contributed by atoms with Crippen molar-refractivity contribution in [2.24, 2.45) is 11.3 Å². The molecule has 0 aromatic carbocycles. The highest BCUT2D eigenvalue weighted by molar-refractivity contribution is 5.72. The van der Waals surface area contributed by atoms with Crippen molar-refractivity contribution in [2.75, 3.05) is 0 Å². The van der Waals surface area contributed by atoms with Crippen molar-refractivity contribution < 1.29 is 9.53 Å². The first kappa shape index (κ1) is 8.09. The molecule has 2 aliphatic rings. The third kappa shape index (κ3) is 1.13. The second-order valence-electron chi connectivity index (χ2n) is 4.72. The van der Waals surface area contributed by atoms with E-state index in [1.54, 1.807) is 0 Å². The smallest absolute Gasteiger partial charge is 0.306 e. The predicted molar refractivity (Wildman–Crippen MR) is 45.6 cm³/mol. The van der Waals surface area contributed by atoms with Crippen LogP contribution in [0.15, 0.2) is 0 Å². The highest BCUT2D eigenvalue weighted by Crippen LogP contribution is 2.46. The van der Waals surface area contributed by atoms with Crippen molar-refractivity contribution in [3.8, 4) is 0 Å². The average Bonchev–Trinajstić information content (AvgIpc) is 2.30. The molecule has 0 N–H and O–H groups in total. The second kappa shape index (κ2) is 2.48. The van der Waals surface area contributed by atoms with Crippen LogP contribution in [0.5, 0.6) is 0 Å². The van der Waals surface area contributed by atoms with Crippen LogP contribution in [-0.4, -0.2) is 12.1 Å². The fourth-order valence-electron chi connectivity index (χ4n) is 2.59. The van der Waals surface area contributed by atoms with E-state index in [2.05, 4.69) is 13.8 Å². The summed E-state index contributed by atoms with van der Waals surface area (Å²) in [5, 5.41) is 0. The molecule has 12 heavy (non-hydrogen) atoms. The maximum Gasteiger partial charge on any atom is 0.306 e. The lowest BCUT2D eigenvalue weighted by atomic mass is 9.67. The van der Waals surface area contributed by atoms with Crippen LogP contribution in [0.2, 0.25) is 0 Å². The summed E-state index contributed by atoms with van der Waals surface area (Å²) in [6, 6.07) is 0. The predicted octanol–water partition coefficient (Wildman–Crippen LogP) is 2.13. The van der Waals surface area contributed by atoms with Crippen LogP contribution in [0, 0.1) is 11.3 Å². The number of carbonyl (C=O) groups is 1. The highest BCUT2D eigenvalue weighted by atomic mass is 16.5. The molecule has 2 atom stereocenters. The zero-order valence-corrected chi connectivity index (χ0v) is 7.80. The van der Waals surface area contributed by atoms with E-state index < -0.39 is 0 Å². The normalized spacial score (nSPS) is 39.0. The number of ether oxygens (including phenoxy) is 1. The minimum Gasteiger partial charge on any atom is -0.462 e. The lowest BCUT2D eigenvalue weighted by molar-refractivity contribution is -0.142. The topological polar surface area (TPSA) is 26.3 Å². The molecular weight excluding hydrogens is 152 g/mol. The summed E-state index contributed by atoms with van der Waals surface area (Å²) in [7, 11) is 0. The monoisotopic (exact) mass is 168 g/mol.